The zero-order chi connectivity index (χ0) is 9.97. The van der Waals surface area contributed by atoms with Gasteiger partial charge in [-0.05, 0) is 23.8 Å². The summed E-state index contributed by atoms with van der Waals surface area (Å²) in [6.07, 6.45) is 0. The van der Waals surface area contributed by atoms with Gasteiger partial charge in [-0.3, -0.25) is 0 Å². The van der Waals surface area contributed by atoms with E-state index in [0.29, 0.717) is 6.04 Å². The van der Waals surface area contributed by atoms with E-state index in [9.17, 15) is 0 Å². The molecule has 0 radical (unpaired) electrons. The molecular formula is C10H13BrCl2N2. The van der Waals surface area contributed by atoms with E-state index < -0.39 is 0 Å². The van der Waals surface area contributed by atoms with Gasteiger partial charge in [-0.15, -0.1) is 12.4 Å². The molecule has 1 fully saturated rings. The number of hydrogen-bond acceptors (Lipinski definition) is 2. The number of hydrogen-bond donors (Lipinski definition) is 2. The van der Waals surface area contributed by atoms with Gasteiger partial charge in [0.1, 0.15) is 0 Å². The van der Waals surface area contributed by atoms with Crippen molar-refractivity contribution in [1.82, 2.24) is 10.6 Å². The molecule has 1 aromatic rings. The van der Waals surface area contributed by atoms with Crippen molar-refractivity contribution in [3.05, 3.63) is 33.3 Å². The van der Waals surface area contributed by atoms with Crippen LogP contribution in [0.15, 0.2) is 22.7 Å². The molecule has 2 nitrogen and oxygen atoms in total. The van der Waals surface area contributed by atoms with Crippen LogP contribution in [0.2, 0.25) is 5.02 Å². The van der Waals surface area contributed by atoms with Crippen LogP contribution < -0.4 is 10.6 Å². The highest BCUT2D eigenvalue weighted by Crippen LogP contribution is 2.26. The van der Waals surface area contributed by atoms with Crippen LogP contribution in [0.4, 0.5) is 0 Å². The smallest absolute Gasteiger partial charge is 0.0459 e. The zero-order valence-electron chi connectivity index (χ0n) is 8.09. The van der Waals surface area contributed by atoms with E-state index in [4.69, 9.17) is 11.6 Å². The molecule has 0 bridgehead atoms. The number of rotatable bonds is 1. The highest BCUT2D eigenvalue weighted by Gasteiger charge is 2.16. The molecule has 2 rings (SSSR count). The Labute approximate surface area is 109 Å². The Morgan fingerprint density at radius 3 is 2.80 bits per heavy atom. The molecule has 5 heteroatoms. The minimum absolute atomic E-state index is 0. The maximum absolute atomic E-state index is 5.97. The van der Waals surface area contributed by atoms with Gasteiger partial charge in [0, 0.05) is 35.2 Å². The highest BCUT2D eigenvalue weighted by atomic mass is 79.9. The van der Waals surface area contributed by atoms with Gasteiger partial charge >= 0.3 is 0 Å². The molecule has 0 amide bonds. The lowest BCUT2D eigenvalue weighted by Crippen LogP contribution is -2.42. The van der Waals surface area contributed by atoms with E-state index in [2.05, 4.69) is 26.6 Å². The van der Waals surface area contributed by atoms with Gasteiger partial charge in [-0.1, -0.05) is 27.5 Å². The molecule has 1 aromatic carbocycles. The van der Waals surface area contributed by atoms with E-state index >= 15 is 0 Å². The summed E-state index contributed by atoms with van der Waals surface area (Å²) in [4.78, 5) is 0. The molecule has 1 atom stereocenters. The molecular weight excluding hydrogens is 299 g/mol. The molecule has 15 heavy (non-hydrogen) atoms. The molecule has 1 aliphatic heterocycles. The summed E-state index contributed by atoms with van der Waals surface area (Å²) in [7, 11) is 0. The monoisotopic (exact) mass is 310 g/mol. The predicted octanol–water partition coefficient (Wildman–Crippen LogP) is 2.76. The number of piperazine rings is 1. The van der Waals surface area contributed by atoms with Crippen molar-refractivity contribution < 1.29 is 0 Å². The van der Waals surface area contributed by atoms with Gasteiger partial charge in [0.25, 0.3) is 0 Å². The summed E-state index contributed by atoms with van der Waals surface area (Å²) in [6.45, 7) is 3.00. The standard InChI is InChI=1S/C10H12BrClN2.ClH/c11-9-2-1-7(12)5-8(9)10-6-13-3-4-14-10;/h1-2,5,10,13-14H,3-4,6H2;1H/t10-;/m1./s1. The van der Waals surface area contributed by atoms with Crippen LogP contribution in [0.5, 0.6) is 0 Å². The van der Waals surface area contributed by atoms with Crippen LogP contribution in [-0.2, 0) is 0 Å². The number of halogens is 3. The fraction of sp³-hybridized carbons (Fsp3) is 0.400. The fourth-order valence-electron chi connectivity index (χ4n) is 1.65. The van der Waals surface area contributed by atoms with Crippen molar-refractivity contribution in [2.75, 3.05) is 19.6 Å². The highest BCUT2D eigenvalue weighted by molar-refractivity contribution is 9.10. The summed E-state index contributed by atoms with van der Waals surface area (Å²) in [6, 6.07) is 6.26. The van der Waals surface area contributed by atoms with E-state index in [1.807, 2.05) is 18.2 Å². The first kappa shape index (κ1) is 13.3. The van der Waals surface area contributed by atoms with E-state index in [-0.39, 0.29) is 12.4 Å². The molecule has 1 saturated heterocycles. The van der Waals surface area contributed by atoms with Crippen molar-refractivity contribution in [3.63, 3.8) is 0 Å². The first-order chi connectivity index (χ1) is 6.77. The molecule has 0 unspecified atom stereocenters. The Hall–Kier alpha value is 0.200. The quantitative estimate of drug-likeness (QED) is 0.833. The normalized spacial score (nSPS) is 20.8. The second-order valence-corrected chi connectivity index (χ2v) is 4.67. The maximum Gasteiger partial charge on any atom is 0.0459 e. The summed E-state index contributed by atoms with van der Waals surface area (Å²) in [5.41, 5.74) is 1.23. The second-order valence-electron chi connectivity index (χ2n) is 3.38. The van der Waals surface area contributed by atoms with Gasteiger partial charge < -0.3 is 10.6 Å². The van der Waals surface area contributed by atoms with Crippen molar-refractivity contribution >= 4 is 39.9 Å². The van der Waals surface area contributed by atoms with Gasteiger partial charge in [-0.2, -0.15) is 0 Å². The Kier molecular flexibility index (Phi) is 5.36. The molecule has 1 aliphatic rings. The minimum atomic E-state index is 0. The van der Waals surface area contributed by atoms with Crippen LogP contribution in [0.3, 0.4) is 0 Å². The molecule has 0 aromatic heterocycles. The predicted molar refractivity (Wildman–Crippen MR) is 70.0 cm³/mol. The van der Waals surface area contributed by atoms with Crippen LogP contribution in [0, 0.1) is 0 Å². The van der Waals surface area contributed by atoms with Crippen molar-refractivity contribution in [3.8, 4) is 0 Å². The summed E-state index contributed by atoms with van der Waals surface area (Å²) in [5.74, 6) is 0. The van der Waals surface area contributed by atoms with E-state index in [0.717, 1.165) is 29.1 Å². The Balaban J connectivity index is 0.00000112. The summed E-state index contributed by atoms with van der Waals surface area (Å²) in [5, 5.41) is 7.59. The molecule has 1 heterocycles. The maximum atomic E-state index is 5.97. The van der Waals surface area contributed by atoms with Crippen LogP contribution in [-0.4, -0.2) is 19.6 Å². The lowest BCUT2D eigenvalue weighted by Gasteiger charge is -2.25. The van der Waals surface area contributed by atoms with Gasteiger partial charge in [0.05, 0.1) is 0 Å². The topological polar surface area (TPSA) is 24.1 Å². The Morgan fingerprint density at radius 2 is 2.13 bits per heavy atom. The third kappa shape index (κ3) is 3.33. The molecule has 0 aliphatic carbocycles. The minimum Gasteiger partial charge on any atom is -0.314 e. The second kappa shape index (κ2) is 6.06. The number of nitrogens with one attached hydrogen (secondary N) is 2. The first-order valence-electron chi connectivity index (χ1n) is 4.66. The Bertz CT molecular complexity index is 327. The van der Waals surface area contributed by atoms with Crippen molar-refractivity contribution in [2.45, 2.75) is 6.04 Å². The first-order valence-corrected chi connectivity index (χ1v) is 5.83. The van der Waals surface area contributed by atoms with E-state index in [1.54, 1.807) is 0 Å². The van der Waals surface area contributed by atoms with Gasteiger partial charge in [0.15, 0.2) is 0 Å². The van der Waals surface area contributed by atoms with E-state index in [1.165, 1.54) is 5.56 Å². The molecule has 84 valence electrons. The Morgan fingerprint density at radius 1 is 1.33 bits per heavy atom. The SMILES string of the molecule is Cl.Clc1ccc(Br)c([C@H]2CNCCN2)c1. The third-order valence-electron chi connectivity index (χ3n) is 2.37. The van der Waals surface area contributed by atoms with Crippen LogP contribution in [0.25, 0.3) is 0 Å². The lowest BCUT2D eigenvalue weighted by atomic mass is 10.1. The fourth-order valence-corrected chi connectivity index (χ4v) is 2.36. The van der Waals surface area contributed by atoms with Gasteiger partial charge in [0.2, 0.25) is 0 Å². The lowest BCUT2D eigenvalue weighted by molar-refractivity contribution is 0.429. The molecule has 0 spiro atoms. The van der Waals surface area contributed by atoms with Crippen molar-refractivity contribution in [2.24, 2.45) is 0 Å². The van der Waals surface area contributed by atoms with Gasteiger partial charge in [-0.25, -0.2) is 0 Å². The average Bonchev–Trinajstić information content (AvgIpc) is 2.23. The number of benzene rings is 1. The average molecular weight is 312 g/mol. The summed E-state index contributed by atoms with van der Waals surface area (Å²) >= 11 is 9.51. The third-order valence-corrected chi connectivity index (χ3v) is 3.33. The largest absolute Gasteiger partial charge is 0.314 e. The molecule has 2 N–H and O–H groups in total. The van der Waals surface area contributed by atoms with Crippen molar-refractivity contribution in [1.29, 1.82) is 0 Å². The van der Waals surface area contributed by atoms with Crippen LogP contribution in [0.1, 0.15) is 11.6 Å². The summed E-state index contributed by atoms with van der Waals surface area (Å²) < 4.78 is 1.11. The zero-order valence-corrected chi connectivity index (χ0v) is 11.3. The molecule has 0 saturated carbocycles. The van der Waals surface area contributed by atoms with Crippen LogP contribution >= 0.6 is 39.9 Å².